The SMILES string of the molecule is CN(Cc1cccs1)C(=O)CN(C)S(=O)(=O)c1ccc(Cl)cc1. The summed E-state index contributed by atoms with van der Waals surface area (Å²) in [5, 5.41) is 2.39. The molecule has 0 bridgehead atoms. The van der Waals surface area contributed by atoms with Crippen LogP contribution in [0.1, 0.15) is 4.88 Å². The van der Waals surface area contributed by atoms with Crippen molar-refractivity contribution in [3.05, 3.63) is 51.7 Å². The van der Waals surface area contributed by atoms with Crippen molar-refractivity contribution < 1.29 is 13.2 Å². The average molecular weight is 373 g/mol. The van der Waals surface area contributed by atoms with Crippen molar-refractivity contribution >= 4 is 38.9 Å². The van der Waals surface area contributed by atoms with E-state index in [9.17, 15) is 13.2 Å². The minimum Gasteiger partial charge on any atom is -0.339 e. The average Bonchev–Trinajstić information content (AvgIpc) is 3.00. The summed E-state index contributed by atoms with van der Waals surface area (Å²) in [5.41, 5.74) is 0. The van der Waals surface area contributed by atoms with E-state index in [1.807, 2.05) is 17.5 Å². The molecule has 1 aromatic heterocycles. The van der Waals surface area contributed by atoms with Crippen molar-refractivity contribution in [1.29, 1.82) is 0 Å². The largest absolute Gasteiger partial charge is 0.339 e. The summed E-state index contributed by atoms with van der Waals surface area (Å²) >= 11 is 7.32. The monoisotopic (exact) mass is 372 g/mol. The Morgan fingerprint density at radius 3 is 2.39 bits per heavy atom. The highest BCUT2D eigenvalue weighted by atomic mass is 35.5. The number of benzene rings is 1. The zero-order valence-corrected chi connectivity index (χ0v) is 15.2. The fourth-order valence-electron chi connectivity index (χ4n) is 1.91. The molecule has 0 N–H and O–H groups in total. The summed E-state index contributed by atoms with van der Waals surface area (Å²) in [6, 6.07) is 9.71. The van der Waals surface area contributed by atoms with E-state index >= 15 is 0 Å². The van der Waals surface area contributed by atoms with E-state index in [-0.39, 0.29) is 17.3 Å². The lowest BCUT2D eigenvalue weighted by Gasteiger charge is -2.21. The Kier molecular flexibility index (Phi) is 5.80. The van der Waals surface area contributed by atoms with E-state index in [0.717, 1.165) is 9.18 Å². The van der Waals surface area contributed by atoms with Crippen LogP contribution >= 0.6 is 22.9 Å². The summed E-state index contributed by atoms with van der Waals surface area (Å²) in [7, 11) is -0.669. The van der Waals surface area contributed by atoms with E-state index in [1.165, 1.54) is 36.2 Å². The fraction of sp³-hybridized carbons (Fsp3) is 0.267. The van der Waals surface area contributed by atoms with Crippen LogP contribution in [0, 0.1) is 0 Å². The number of sulfonamides is 1. The number of amides is 1. The number of likely N-dealkylation sites (N-methyl/N-ethyl adjacent to an activating group) is 2. The quantitative estimate of drug-likeness (QED) is 0.783. The first kappa shape index (κ1) is 17.9. The van der Waals surface area contributed by atoms with Gasteiger partial charge in [-0.05, 0) is 35.7 Å². The molecule has 124 valence electrons. The summed E-state index contributed by atoms with van der Waals surface area (Å²) in [4.78, 5) is 14.9. The topological polar surface area (TPSA) is 57.7 Å². The molecule has 0 aliphatic carbocycles. The Balaban J connectivity index is 2.03. The molecule has 1 aromatic carbocycles. The number of nitrogens with zero attached hydrogens (tertiary/aromatic N) is 2. The molecular weight excluding hydrogens is 356 g/mol. The van der Waals surface area contributed by atoms with Crippen LogP contribution in [0.3, 0.4) is 0 Å². The van der Waals surface area contributed by atoms with Crippen LogP contribution in [0.25, 0.3) is 0 Å². The van der Waals surface area contributed by atoms with Crippen LogP contribution in [0.2, 0.25) is 5.02 Å². The maximum atomic E-state index is 12.4. The minimum absolute atomic E-state index is 0.109. The third-order valence-corrected chi connectivity index (χ3v) is 6.21. The van der Waals surface area contributed by atoms with Gasteiger partial charge in [0.1, 0.15) is 0 Å². The van der Waals surface area contributed by atoms with E-state index in [4.69, 9.17) is 11.6 Å². The maximum Gasteiger partial charge on any atom is 0.243 e. The number of thiophene rings is 1. The van der Waals surface area contributed by atoms with Gasteiger partial charge >= 0.3 is 0 Å². The zero-order chi connectivity index (χ0) is 17.0. The van der Waals surface area contributed by atoms with Crippen molar-refractivity contribution in [3.63, 3.8) is 0 Å². The number of hydrogen-bond donors (Lipinski definition) is 0. The van der Waals surface area contributed by atoms with Crippen LogP contribution < -0.4 is 0 Å². The van der Waals surface area contributed by atoms with E-state index in [2.05, 4.69) is 0 Å². The number of halogens is 1. The van der Waals surface area contributed by atoms with Gasteiger partial charge in [-0.25, -0.2) is 8.42 Å². The molecule has 2 aromatic rings. The van der Waals surface area contributed by atoms with Gasteiger partial charge in [0.2, 0.25) is 15.9 Å². The first-order chi connectivity index (χ1) is 10.8. The van der Waals surface area contributed by atoms with Gasteiger partial charge in [0.15, 0.2) is 0 Å². The second kappa shape index (κ2) is 7.44. The Labute approximate surface area is 145 Å². The van der Waals surface area contributed by atoms with Crippen molar-refractivity contribution in [2.24, 2.45) is 0 Å². The molecule has 0 saturated carbocycles. The highest BCUT2D eigenvalue weighted by Crippen LogP contribution is 2.18. The highest BCUT2D eigenvalue weighted by molar-refractivity contribution is 7.89. The Morgan fingerprint density at radius 1 is 1.17 bits per heavy atom. The smallest absolute Gasteiger partial charge is 0.243 e. The van der Waals surface area contributed by atoms with Crippen LogP contribution in [0.4, 0.5) is 0 Å². The zero-order valence-electron chi connectivity index (χ0n) is 12.8. The number of rotatable bonds is 6. The van der Waals surface area contributed by atoms with Crippen LogP contribution in [0.15, 0.2) is 46.7 Å². The minimum atomic E-state index is -3.72. The van der Waals surface area contributed by atoms with Crippen LogP contribution in [-0.2, 0) is 21.4 Å². The van der Waals surface area contributed by atoms with Gasteiger partial charge in [0, 0.05) is 24.0 Å². The Morgan fingerprint density at radius 2 is 1.83 bits per heavy atom. The second-order valence-corrected chi connectivity index (χ2v) is 8.56. The van der Waals surface area contributed by atoms with Crippen LogP contribution in [0.5, 0.6) is 0 Å². The van der Waals surface area contributed by atoms with Gasteiger partial charge in [0.25, 0.3) is 0 Å². The van der Waals surface area contributed by atoms with Gasteiger partial charge in [-0.1, -0.05) is 17.7 Å². The van der Waals surface area contributed by atoms with E-state index in [1.54, 1.807) is 18.4 Å². The molecule has 2 rings (SSSR count). The summed E-state index contributed by atoms with van der Waals surface area (Å²) in [5.74, 6) is -0.265. The third kappa shape index (κ3) is 4.54. The molecule has 0 saturated heterocycles. The second-order valence-electron chi connectivity index (χ2n) is 5.04. The molecule has 0 aliphatic rings. The molecule has 1 amide bonds. The molecule has 23 heavy (non-hydrogen) atoms. The van der Waals surface area contributed by atoms with Crippen molar-refractivity contribution in [3.8, 4) is 0 Å². The third-order valence-electron chi connectivity index (χ3n) is 3.28. The predicted molar refractivity (Wildman–Crippen MR) is 92.1 cm³/mol. The fourth-order valence-corrected chi connectivity index (χ4v) is 3.91. The molecule has 0 fully saturated rings. The van der Waals surface area contributed by atoms with Gasteiger partial charge in [-0.2, -0.15) is 4.31 Å². The highest BCUT2D eigenvalue weighted by Gasteiger charge is 2.24. The lowest BCUT2D eigenvalue weighted by Crippen LogP contribution is -2.38. The molecule has 0 spiro atoms. The van der Waals surface area contributed by atoms with Gasteiger partial charge in [0.05, 0.1) is 18.0 Å². The van der Waals surface area contributed by atoms with Crippen molar-refractivity contribution in [1.82, 2.24) is 9.21 Å². The van der Waals surface area contributed by atoms with E-state index in [0.29, 0.717) is 11.6 Å². The van der Waals surface area contributed by atoms with Gasteiger partial charge in [-0.3, -0.25) is 4.79 Å². The normalized spacial score (nSPS) is 11.7. The predicted octanol–water partition coefficient (Wildman–Crippen LogP) is 2.68. The van der Waals surface area contributed by atoms with E-state index < -0.39 is 10.0 Å². The summed E-state index contributed by atoms with van der Waals surface area (Å²) in [6.45, 7) is 0.248. The molecule has 5 nitrogen and oxygen atoms in total. The molecular formula is C15H17ClN2O3S2. The first-order valence-corrected chi connectivity index (χ1v) is 9.48. The molecule has 0 radical (unpaired) electrons. The molecule has 0 aliphatic heterocycles. The lowest BCUT2D eigenvalue weighted by molar-refractivity contribution is -0.130. The van der Waals surface area contributed by atoms with Gasteiger partial charge in [-0.15, -0.1) is 11.3 Å². The molecule has 0 unspecified atom stereocenters. The van der Waals surface area contributed by atoms with Gasteiger partial charge < -0.3 is 4.90 Å². The van der Waals surface area contributed by atoms with Crippen LogP contribution in [-0.4, -0.2) is 44.2 Å². The molecule has 8 heteroatoms. The Bertz CT molecular complexity index is 759. The number of hydrogen-bond acceptors (Lipinski definition) is 4. The number of carbonyl (C=O) groups excluding carboxylic acids is 1. The summed E-state index contributed by atoms with van der Waals surface area (Å²) < 4.78 is 25.9. The van der Waals surface area contributed by atoms with Crippen molar-refractivity contribution in [2.45, 2.75) is 11.4 Å². The Hall–Kier alpha value is -1.41. The summed E-state index contributed by atoms with van der Waals surface area (Å²) in [6.07, 6.45) is 0. The van der Waals surface area contributed by atoms with Crippen molar-refractivity contribution in [2.75, 3.05) is 20.6 Å². The lowest BCUT2D eigenvalue weighted by atomic mass is 10.4. The standard InChI is InChI=1S/C15H17ClN2O3S2/c1-17(10-13-4-3-9-22-13)15(19)11-18(2)23(20,21)14-7-5-12(16)6-8-14/h3-9H,10-11H2,1-2H3. The molecule has 1 heterocycles. The maximum absolute atomic E-state index is 12.4. The molecule has 0 atom stereocenters. The number of carbonyl (C=O) groups is 1. The first-order valence-electron chi connectivity index (χ1n) is 6.79.